The number of hydrogen-bond donors (Lipinski definition) is 1. The van der Waals surface area contributed by atoms with Crippen molar-refractivity contribution in [2.24, 2.45) is 0 Å². The Bertz CT molecular complexity index is 800. The maximum atomic E-state index is 13.2. The van der Waals surface area contributed by atoms with Crippen LogP contribution < -0.4 is 0 Å². The molecule has 3 rings (SSSR count). The summed E-state index contributed by atoms with van der Waals surface area (Å²) in [7, 11) is 0. The third kappa shape index (κ3) is 2.82. The van der Waals surface area contributed by atoms with Gasteiger partial charge < -0.3 is 10.0 Å². The van der Waals surface area contributed by atoms with E-state index in [2.05, 4.69) is 0 Å². The fourth-order valence-corrected chi connectivity index (χ4v) is 4.20. The standard InChI is InChI=1S/C21H23NO3/c1-14(2)22-19(23)17-12-8-7-11-16(17)18(20(24)25)21(22,3)13-15-9-5-4-6-10-15/h4-12,14,18H,13H2,1-3H3,(H,24,25). The van der Waals surface area contributed by atoms with Gasteiger partial charge in [-0.3, -0.25) is 9.59 Å². The van der Waals surface area contributed by atoms with Crippen LogP contribution in [-0.2, 0) is 11.2 Å². The Labute approximate surface area is 148 Å². The van der Waals surface area contributed by atoms with Crippen LogP contribution in [0.3, 0.4) is 0 Å². The first-order chi connectivity index (χ1) is 11.9. The van der Waals surface area contributed by atoms with Crippen molar-refractivity contribution >= 4 is 11.9 Å². The van der Waals surface area contributed by atoms with Gasteiger partial charge in [-0.25, -0.2) is 0 Å². The third-order valence-corrected chi connectivity index (χ3v) is 5.06. The molecule has 25 heavy (non-hydrogen) atoms. The Balaban J connectivity index is 2.21. The number of aliphatic carboxylic acids is 1. The van der Waals surface area contributed by atoms with Gasteiger partial charge in [0, 0.05) is 11.6 Å². The molecule has 1 N–H and O–H groups in total. The average molecular weight is 337 g/mol. The lowest BCUT2D eigenvalue weighted by atomic mass is 9.70. The minimum atomic E-state index is -0.899. The van der Waals surface area contributed by atoms with Crippen molar-refractivity contribution in [3.8, 4) is 0 Å². The van der Waals surface area contributed by atoms with E-state index in [4.69, 9.17) is 0 Å². The number of hydrogen-bond acceptors (Lipinski definition) is 2. The molecular weight excluding hydrogens is 314 g/mol. The highest BCUT2D eigenvalue weighted by molar-refractivity contribution is 6.01. The third-order valence-electron chi connectivity index (χ3n) is 5.06. The molecule has 130 valence electrons. The summed E-state index contributed by atoms with van der Waals surface area (Å²) in [5, 5.41) is 10.0. The lowest BCUT2D eigenvalue weighted by Gasteiger charge is -2.51. The van der Waals surface area contributed by atoms with Crippen LogP contribution >= 0.6 is 0 Å². The summed E-state index contributed by atoms with van der Waals surface area (Å²) >= 11 is 0. The molecule has 1 amide bonds. The smallest absolute Gasteiger partial charge is 0.313 e. The number of benzene rings is 2. The van der Waals surface area contributed by atoms with E-state index >= 15 is 0 Å². The molecule has 0 radical (unpaired) electrons. The van der Waals surface area contributed by atoms with Gasteiger partial charge in [0.05, 0.1) is 5.54 Å². The summed E-state index contributed by atoms with van der Waals surface area (Å²) in [5.74, 6) is -1.77. The van der Waals surface area contributed by atoms with Gasteiger partial charge >= 0.3 is 5.97 Å². The molecule has 2 aromatic carbocycles. The number of rotatable bonds is 4. The molecular formula is C21H23NO3. The molecule has 0 saturated carbocycles. The van der Waals surface area contributed by atoms with Gasteiger partial charge in [0.25, 0.3) is 5.91 Å². The summed E-state index contributed by atoms with van der Waals surface area (Å²) in [6.45, 7) is 5.77. The zero-order valence-corrected chi connectivity index (χ0v) is 14.8. The lowest BCUT2D eigenvalue weighted by Crippen LogP contribution is -2.62. The van der Waals surface area contributed by atoms with Crippen molar-refractivity contribution in [3.05, 3.63) is 71.3 Å². The summed E-state index contributed by atoms with van der Waals surface area (Å²) in [5.41, 5.74) is 1.28. The normalized spacial score (nSPS) is 22.8. The SMILES string of the molecule is CC(C)N1C(=O)c2ccccc2C(C(=O)O)C1(C)Cc1ccccc1. The molecule has 4 heteroatoms. The molecule has 4 nitrogen and oxygen atoms in total. The zero-order valence-electron chi connectivity index (χ0n) is 14.8. The van der Waals surface area contributed by atoms with E-state index in [1.54, 1.807) is 29.2 Å². The van der Waals surface area contributed by atoms with E-state index in [9.17, 15) is 14.7 Å². The molecule has 0 bridgehead atoms. The van der Waals surface area contributed by atoms with E-state index in [1.165, 1.54) is 0 Å². The van der Waals surface area contributed by atoms with Crippen molar-refractivity contribution in [1.82, 2.24) is 4.90 Å². The maximum absolute atomic E-state index is 13.2. The minimum Gasteiger partial charge on any atom is -0.481 e. The maximum Gasteiger partial charge on any atom is 0.313 e. The van der Waals surface area contributed by atoms with Gasteiger partial charge in [0.15, 0.2) is 0 Å². The minimum absolute atomic E-state index is 0.0958. The van der Waals surface area contributed by atoms with Gasteiger partial charge in [-0.1, -0.05) is 48.5 Å². The van der Waals surface area contributed by atoms with Crippen LogP contribution in [0.4, 0.5) is 0 Å². The number of carboxylic acids is 1. The Morgan fingerprint density at radius 2 is 1.72 bits per heavy atom. The van der Waals surface area contributed by atoms with Crippen LogP contribution in [0.1, 0.15) is 48.2 Å². The van der Waals surface area contributed by atoms with Crippen LogP contribution in [0.2, 0.25) is 0 Å². The molecule has 1 aliphatic heterocycles. The van der Waals surface area contributed by atoms with Crippen molar-refractivity contribution in [2.75, 3.05) is 0 Å². The molecule has 2 atom stereocenters. The monoisotopic (exact) mass is 337 g/mol. The van der Waals surface area contributed by atoms with E-state index < -0.39 is 17.4 Å². The number of carbonyl (C=O) groups is 2. The molecule has 0 aromatic heterocycles. The van der Waals surface area contributed by atoms with Gasteiger partial charge in [-0.05, 0) is 44.4 Å². The number of carbonyl (C=O) groups excluding carboxylic acids is 1. The second-order valence-corrected chi connectivity index (χ2v) is 7.15. The van der Waals surface area contributed by atoms with Gasteiger partial charge in [0.2, 0.25) is 0 Å². The van der Waals surface area contributed by atoms with E-state index in [-0.39, 0.29) is 11.9 Å². The van der Waals surface area contributed by atoms with Crippen LogP contribution in [0.15, 0.2) is 54.6 Å². The number of carboxylic acid groups (broad SMARTS) is 1. The summed E-state index contributed by atoms with van der Waals surface area (Å²) in [6.07, 6.45) is 0.489. The number of nitrogens with zero attached hydrogens (tertiary/aromatic N) is 1. The second kappa shape index (κ2) is 6.36. The highest BCUT2D eigenvalue weighted by atomic mass is 16.4. The van der Waals surface area contributed by atoms with Crippen molar-refractivity contribution in [2.45, 2.75) is 44.7 Å². The Morgan fingerprint density at radius 1 is 1.12 bits per heavy atom. The van der Waals surface area contributed by atoms with Gasteiger partial charge in [-0.15, -0.1) is 0 Å². The number of amides is 1. The Morgan fingerprint density at radius 3 is 2.32 bits per heavy atom. The summed E-state index contributed by atoms with van der Waals surface area (Å²) in [4.78, 5) is 27.2. The lowest BCUT2D eigenvalue weighted by molar-refractivity contribution is -0.143. The molecule has 1 heterocycles. The molecule has 0 aliphatic carbocycles. The molecule has 2 unspecified atom stereocenters. The number of fused-ring (bicyclic) bond motifs is 1. The molecule has 0 fully saturated rings. The second-order valence-electron chi connectivity index (χ2n) is 7.15. The van der Waals surface area contributed by atoms with Gasteiger partial charge in [0.1, 0.15) is 5.92 Å². The van der Waals surface area contributed by atoms with Gasteiger partial charge in [-0.2, -0.15) is 0 Å². The topological polar surface area (TPSA) is 57.6 Å². The van der Waals surface area contributed by atoms with E-state index in [0.29, 0.717) is 17.5 Å². The largest absolute Gasteiger partial charge is 0.481 e. The van der Waals surface area contributed by atoms with Crippen LogP contribution in [0, 0.1) is 0 Å². The fraction of sp³-hybridized carbons (Fsp3) is 0.333. The van der Waals surface area contributed by atoms with Crippen LogP contribution in [-0.4, -0.2) is 33.5 Å². The highest BCUT2D eigenvalue weighted by Crippen LogP contribution is 2.44. The highest BCUT2D eigenvalue weighted by Gasteiger charge is 2.52. The quantitative estimate of drug-likeness (QED) is 0.925. The van der Waals surface area contributed by atoms with Crippen LogP contribution in [0.5, 0.6) is 0 Å². The first-order valence-corrected chi connectivity index (χ1v) is 8.55. The Kier molecular flexibility index (Phi) is 4.38. The zero-order chi connectivity index (χ0) is 18.2. The first-order valence-electron chi connectivity index (χ1n) is 8.55. The predicted octanol–water partition coefficient (Wildman–Crippen LogP) is 3.72. The first kappa shape index (κ1) is 17.2. The van der Waals surface area contributed by atoms with Crippen LogP contribution in [0.25, 0.3) is 0 Å². The predicted molar refractivity (Wildman–Crippen MR) is 96.7 cm³/mol. The molecule has 2 aromatic rings. The molecule has 0 spiro atoms. The summed E-state index contributed by atoms with van der Waals surface area (Å²) < 4.78 is 0. The van der Waals surface area contributed by atoms with Crippen molar-refractivity contribution in [1.29, 1.82) is 0 Å². The van der Waals surface area contributed by atoms with E-state index in [0.717, 1.165) is 5.56 Å². The molecule has 1 aliphatic rings. The average Bonchev–Trinajstić information content (AvgIpc) is 2.55. The van der Waals surface area contributed by atoms with E-state index in [1.807, 2.05) is 51.1 Å². The Hall–Kier alpha value is -2.62. The van der Waals surface area contributed by atoms with Crippen molar-refractivity contribution < 1.29 is 14.7 Å². The molecule has 0 saturated heterocycles. The fourth-order valence-electron chi connectivity index (χ4n) is 4.20. The summed E-state index contributed by atoms with van der Waals surface area (Å²) in [6, 6.07) is 16.8. The van der Waals surface area contributed by atoms with Crippen molar-refractivity contribution in [3.63, 3.8) is 0 Å².